The van der Waals surface area contributed by atoms with Crippen LogP contribution in [0.15, 0.2) is 40.7 Å². The fraction of sp³-hybridized carbons (Fsp3) is 0.412. The van der Waals surface area contributed by atoms with Crippen LogP contribution in [0.25, 0.3) is 0 Å². The van der Waals surface area contributed by atoms with E-state index in [0.717, 1.165) is 35.2 Å². The molecule has 0 saturated carbocycles. The van der Waals surface area contributed by atoms with Crippen molar-refractivity contribution < 1.29 is 4.74 Å². The molecule has 7 heteroatoms. The molecule has 5 nitrogen and oxygen atoms in total. The van der Waals surface area contributed by atoms with Crippen LogP contribution in [0.2, 0.25) is 0 Å². The van der Waals surface area contributed by atoms with Gasteiger partial charge in [-0.3, -0.25) is 4.99 Å². The predicted molar refractivity (Wildman–Crippen MR) is 112 cm³/mol. The van der Waals surface area contributed by atoms with Gasteiger partial charge in [-0.15, -0.1) is 35.3 Å². The summed E-state index contributed by atoms with van der Waals surface area (Å²) in [6.45, 7) is 3.48. The number of benzene rings is 1. The smallest absolute Gasteiger partial charge is 0.191 e. The second-order valence-electron chi connectivity index (χ2n) is 5.12. The zero-order valence-corrected chi connectivity index (χ0v) is 17.4. The van der Waals surface area contributed by atoms with Crippen molar-refractivity contribution in [1.29, 1.82) is 0 Å². The summed E-state index contributed by atoms with van der Waals surface area (Å²) in [6.07, 6.45) is 0.883. The van der Waals surface area contributed by atoms with E-state index in [2.05, 4.69) is 38.1 Å². The lowest BCUT2D eigenvalue weighted by Gasteiger charge is -2.18. The van der Waals surface area contributed by atoms with Crippen molar-refractivity contribution in [3.63, 3.8) is 0 Å². The van der Waals surface area contributed by atoms with Crippen molar-refractivity contribution in [2.75, 3.05) is 27.2 Å². The Labute approximate surface area is 165 Å². The van der Waals surface area contributed by atoms with Crippen LogP contribution in [-0.2, 0) is 11.2 Å². The lowest BCUT2D eigenvalue weighted by Crippen LogP contribution is -2.40. The quantitative estimate of drug-likeness (QED) is 0.379. The lowest BCUT2D eigenvalue weighted by molar-refractivity contribution is 0.106. The molecule has 0 saturated heterocycles. The Morgan fingerprint density at radius 3 is 2.62 bits per heavy atom. The number of nitrogens with one attached hydrogen (secondary N) is 2. The summed E-state index contributed by atoms with van der Waals surface area (Å²) in [5, 5.41) is 9.82. The number of methoxy groups -OCH3 is 1. The van der Waals surface area contributed by atoms with E-state index in [-0.39, 0.29) is 30.1 Å². The van der Waals surface area contributed by atoms with Crippen LogP contribution in [-0.4, -0.2) is 38.2 Å². The SMILES string of the molecule is CN=C(NCCc1csc(C)n1)NCC(OC)c1ccccc1.I. The van der Waals surface area contributed by atoms with Crippen LogP contribution in [0.1, 0.15) is 22.4 Å². The maximum atomic E-state index is 5.55. The Kier molecular flexibility index (Phi) is 9.89. The zero-order valence-electron chi connectivity index (χ0n) is 14.3. The summed E-state index contributed by atoms with van der Waals surface area (Å²) in [6, 6.07) is 10.2. The molecule has 2 aromatic rings. The Hall–Kier alpha value is -1.19. The molecule has 1 unspecified atom stereocenters. The van der Waals surface area contributed by atoms with Gasteiger partial charge in [-0.1, -0.05) is 30.3 Å². The molecule has 1 atom stereocenters. The van der Waals surface area contributed by atoms with Crippen LogP contribution in [0.5, 0.6) is 0 Å². The molecule has 1 aromatic carbocycles. The highest BCUT2D eigenvalue weighted by atomic mass is 127. The number of halogens is 1. The first-order valence-corrected chi connectivity index (χ1v) is 8.54. The number of guanidine groups is 1. The summed E-state index contributed by atoms with van der Waals surface area (Å²) in [7, 11) is 3.49. The Balaban J connectivity index is 0.00000288. The monoisotopic (exact) mass is 460 g/mol. The first-order chi connectivity index (χ1) is 11.2. The van der Waals surface area contributed by atoms with Crippen molar-refractivity contribution in [3.8, 4) is 0 Å². The van der Waals surface area contributed by atoms with Crippen molar-refractivity contribution in [2.45, 2.75) is 19.4 Å². The summed E-state index contributed by atoms with van der Waals surface area (Å²) >= 11 is 1.68. The summed E-state index contributed by atoms with van der Waals surface area (Å²) in [5.74, 6) is 0.773. The number of hydrogen-bond donors (Lipinski definition) is 2. The molecule has 2 N–H and O–H groups in total. The normalized spacial score (nSPS) is 12.4. The molecule has 0 radical (unpaired) electrons. The highest BCUT2D eigenvalue weighted by molar-refractivity contribution is 14.0. The van der Waals surface area contributed by atoms with E-state index in [1.165, 1.54) is 0 Å². The van der Waals surface area contributed by atoms with Gasteiger partial charge >= 0.3 is 0 Å². The number of nitrogens with zero attached hydrogens (tertiary/aromatic N) is 2. The fourth-order valence-electron chi connectivity index (χ4n) is 2.25. The van der Waals surface area contributed by atoms with Gasteiger partial charge in [-0.05, 0) is 12.5 Å². The van der Waals surface area contributed by atoms with E-state index in [0.29, 0.717) is 6.54 Å². The Morgan fingerprint density at radius 2 is 2.04 bits per heavy atom. The highest BCUT2D eigenvalue weighted by Gasteiger charge is 2.10. The molecule has 0 fully saturated rings. The van der Waals surface area contributed by atoms with Crippen LogP contribution in [0.3, 0.4) is 0 Å². The van der Waals surface area contributed by atoms with Gasteiger partial charge in [0.15, 0.2) is 5.96 Å². The molecular weight excluding hydrogens is 435 g/mol. The number of thiazole rings is 1. The van der Waals surface area contributed by atoms with Gasteiger partial charge in [0.2, 0.25) is 0 Å². The minimum atomic E-state index is -0.00376. The summed E-state index contributed by atoms with van der Waals surface area (Å²) < 4.78 is 5.55. The topological polar surface area (TPSA) is 58.5 Å². The van der Waals surface area contributed by atoms with E-state index < -0.39 is 0 Å². The van der Waals surface area contributed by atoms with E-state index >= 15 is 0 Å². The van der Waals surface area contributed by atoms with Crippen LogP contribution in [0, 0.1) is 6.92 Å². The molecule has 0 amide bonds. The molecule has 0 aliphatic heterocycles. The van der Waals surface area contributed by atoms with Crippen molar-refractivity contribution in [3.05, 3.63) is 52.0 Å². The van der Waals surface area contributed by atoms with Gasteiger partial charge in [0, 0.05) is 39.0 Å². The van der Waals surface area contributed by atoms with Gasteiger partial charge in [0.1, 0.15) is 0 Å². The average molecular weight is 460 g/mol. The third-order valence-corrected chi connectivity index (χ3v) is 4.30. The molecule has 24 heavy (non-hydrogen) atoms. The third-order valence-electron chi connectivity index (χ3n) is 3.47. The molecule has 132 valence electrons. The minimum Gasteiger partial charge on any atom is -0.375 e. The molecule has 0 aliphatic rings. The second kappa shape index (κ2) is 11.4. The van der Waals surface area contributed by atoms with Crippen LogP contribution >= 0.6 is 35.3 Å². The van der Waals surface area contributed by atoms with Crippen molar-refractivity contribution >= 4 is 41.3 Å². The molecule has 1 aromatic heterocycles. The summed E-state index contributed by atoms with van der Waals surface area (Å²) in [4.78, 5) is 8.70. The van der Waals surface area contributed by atoms with E-state index in [9.17, 15) is 0 Å². The molecule has 2 rings (SSSR count). The second-order valence-corrected chi connectivity index (χ2v) is 6.19. The number of rotatable bonds is 7. The number of aryl methyl sites for hydroxylation is 1. The fourth-order valence-corrected chi connectivity index (χ4v) is 2.89. The first-order valence-electron chi connectivity index (χ1n) is 7.66. The van der Waals surface area contributed by atoms with Gasteiger partial charge in [-0.25, -0.2) is 4.98 Å². The maximum absolute atomic E-state index is 5.55. The molecular formula is C17H25IN4OS. The van der Waals surface area contributed by atoms with Crippen molar-refractivity contribution in [2.24, 2.45) is 4.99 Å². The number of ether oxygens (including phenoxy) is 1. The largest absolute Gasteiger partial charge is 0.375 e. The van der Waals surface area contributed by atoms with Crippen LogP contribution < -0.4 is 10.6 Å². The van der Waals surface area contributed by atoms with E-state index in [1.54, 1.807) is 25.5 Å². The minimum absolute atomic E-state index is 0. The molecule has 0 bridgehead atoms. The van der Waals surface area contributed by atoms with Gasteiger partial charge in [0.25, 0.3) is 0 Å². The molecule has 0 spiro atoms. The standard InChI is InChI=1S/C17H24N4OS.HI/c1-13-21-15(12-23-13)9-10-19-17(18-2)20-11-16(22-3)14-7-5-4-6-8-14;/h4-8,12,16H,9-11H2,1-3H3,(H2,18,19,20);1H. The Morgan fingerprint density at radius 1 is 1.29 bits per heavy atom. The molecule has 0 aliphatic carbocycles. The highest BCUT2D eigenvalue weighted by Crippen LogP contribution is 2.14. The first kappa shape index (κ1) is 20.9. The number of aromatic nitrogens is 1. The zero-order chi connectivity index (χ0) is 16.5. The van der Waals surface area contributed by atoms with Gasteiger partial charge in [-0.2, -0.15) is 0 Å². The van der Waals surface area contributed by atoms with E-state index in [1.807, 2.05) is 25.1 Å². The lowest BCUT2D eigenvalue weighted by atomic mass is 10.1. The van der Waals surface area contributed by atoms with E-state index in [4.69, 9.17) is 4.74 Å². The third kappa shape index (κ3) is 6.74. The summed E-state index contributed by atoms with van der Waals surface area (Å²) in [5.41, 5.74) is 2.27. The molecule has 1 heterocycles. The number of hydrogen-bond acceptors (Lipinski definition) is 4. The van der Waals surface area contributed by atoms with Crippen LogP contribution in [0.4, 0.5) is 0 Å². The predicted octanol–water partition coefficient (Wildman–Crippen LogP) is 3.16. The Bertz CT molecular complexity index is 618. The maximum Gasteiger partial charge on any atom is 0.191 e. The van der Waals surface area contributed by atoms with Crippen molar-refractivity contribution in [1.82, 2.24) is 15.6 Å². The average Bonchev–Trinajstić information content (AvgIpc) is 3.00. The van der Waals surface area contributed by atoms with Gasteiger partial charge < -0.3 is 15.4 Å². The van der Waals surface area contributed by atoms with Gasteiger partial charge in [0.05, 0.1) is 16.8 Å². The number of aliphatic imine (C=N–C) groups is 1.